The molecule has 0 atom stereocenters. The SMILES string of the molecule is Cl.Nc1ccc2ccoc2c1. The van der Waals surface area contributed by atoms with Crippen LogP contribution in [0.15, 0.2) is 34.9 Å². The van der Waals surface area contributed by atoms with Crippen molar-refractivity contribution >= 4 is 29.1 Å². The van der Waals surface area contributed by atoms with Crippen LogP contribution in [0.5, 0.6) is 0 Å². The number of nitrogen functional groups attached to an aromatic ring is 1. The Kier molecular flexibility index (Phi) is 2.06. The van der Waals surface area contributed by atoms with Gasteiger partial charge in [0.25, 0.3) is 0 Å². The molecular weight excluding hydrogens is 162 g/mol. The van der Waals surface area contributed by atoms with Crippen molar-refractivity contribution in [1.29, 1.82) is 0 Å². The molecule has 58 valence electrons. The topological polar surface area (TPSA) is 39.2 Å². The van der Waals surface area contributed by atoms with Gasteiger partial charge in [-0.2, -0.15) is 0 Å². The molecule has 1 aromatic carbocycles. The van der Waals surface area contributed by atoms with Crippen LogP contribution in [-0.2, 0) is 0 Å². The minimum atomic E-state index is 0. The van der Waals surface area contributed by atoms with Crippen molar-refractivity contribution in [2.24, 2.45) is 0 Å². The minimum Gasteiger partial charge on any atom is -0.464 e. The third-order valence-electron chi connectivity index (χ3n) is 1.48. The molecule has 0 radical (unpaired) electrons. The molecule has 0 amide bonds. The fraction of sp³-hybridized carbons (Fsp3) is 0. The van der Waals surface area contributed by atoms with Gasteiger partial charge in [-0.05, 0) is 18.2 Å². The molecule has 0 fully saturated rings. The monoisotopic (exact) mass is 169 g/mol. The molecule has 0 aliphatic carbocycles. The van der Waals surface area contributed by atoms with Crippen LogP contribution in [0.25, 0.3) is 11.0 Å². The van der Waals surface area contributed by atoms with Crippen molar-refractivity contribution in [2.45, 2.75) is 0 Å². The van der Waals surface area contributed by atoms with Crippen molar-refractivity contribution < 1.29 is 4.42 Å². The Morgan fingerprint density at radius 2 is 2.00 bits per heavy atom. The lowest BCUT2D eigenvalue weighted by molar-refractivity contribution is 0.616. The highest BCUT2D eigenvalue weighted by Crippen LogP contribution is 2.17. The van der Waals surface area contributed by atoms with E-state index in [-0.39, 0.29) is 12.4 Å². The minimum absolute atomic E-state index is 0. The normalized spacial score (nSPS) is 9.45. The van der Waals surface area contributed by atoms with E-state index in [4.69, 9.17) is 10.2 Å². The lowest BCUT2D eigenvalue weighted by Gasteiger charge is -1.89. The smallest absolute Gasteiger partial charge is 0.135 e. The van der Waals surface area contributed by atoms with Crippen molar-refractivity contribution in [3.8, 4) is 0 Å². The Morgan fingerprint density at radius 1 is 1.18 bits per heavy atom. The molecule has 2 rings (SSSR count). The molecule has 0 saturated carbocycles. The van der Waals surface area contributed by atoms with E-state index in [9.17, 15) is 0 Å². The Labute approximate surface area is 70.4 Å². The van der Waals surface area contributed by atoms with Crippen molar-refractivity contribution in [3.63, 3.8) is 0 Å². The van der Waals surface area contributed by atoms with Crippen molar-refractivity contribution in [3.05, 3.63) is 30.5 Å². The summed E-state index contributed by atoms with van der Waals surface area (Å²) in [6.45, 7) is 0. The van der Waals surface area contributed by atoms with Crippen molar-refractivity contribution in [2.75, 3.05) is 5.73 Å². The summed E-state index contributed by atoms with van der Waals surface area (Å²) in [6, 6.07) is 7.52. The van der Waals surface area contributed by atoms with Crippen LogP contribution < -0.4 is 5.73 Å². The highest BCUT2D eigenvalue weighted by Gasteiger charge is 1.93. The molecule has 0 spiro atoms. The lowest BCUT2D eigenvalue weighted by atomic mass is 10.2. The van der Waals surface area contributed by atoms with Crippen LogP contribution in [-0.4, -0.2) is 0 Å². The van der Waals surface area contributed by atoms with Gasteiger partial charge in [-0.15, -0.1) is 12.4 Å². The molecule has 0 aliphatic rings. The second kappa shape index (κ2) is 2.84. The number of furan rings is 1. The van der Waals surface area contributed by atoms with E-state index in [1.165, 1.54) is 0 Å². The van der Waals surface area contributed by atoms with E-state index in [0.717, 1.165) is 16.7 Å². The number of halogens is 1. The number of rotatable bonds is 0. The summed E-state index contributed by atoms with van der Waals surface area (Å²) in [5.74, 6) is 0. The Hall–Kier alpha value is -1.15. The summed E-state index contributed by atoms with van der Waals surface area (Å²) in [5, 5.41) is 1.09. The molecule has 2 aromatic rings. The summed E-state index contributed by atoms with van der Waals surface area (Å²) in [5.41, 5.74) is 7.11. The van der Waals surface area contributed by atoms with Crippen LogP contribution >= 0.6 is 12.4 Å². The van der Waals surface area contributed by atoms with Gasteiger partial charge >= 0.3 is 0 Å². The van der Waals surface area contributed by atoms with Gasteiger partial charge in [0.1, 0.15) is 5.58 Å². The zero-order valence-corrected chi connectivity index (χ0v) is 6.60. The van der Waals surface area contributed by atoms with E-state index < -0.39 is 0 Å². The number of fused-ring (bicyclic) bond motifs is 1. The number of nitrogens with two attached hydrogens (primary N) is 1. The molecule has 2 nitrogen and oxygen atoms in total. The molecule has 0 bridgehead atoms. The summed E-state index contributed by atoms with van der Waals surface area (Å²) < 4.78 is 5.12. The summed E-state index contributed by atoms with van der Waals surface area (Å²) >= 11 is 0. The third kappa shape index (κ3) is 1.30. The number of hydrogen-bond donors (Lipinski definition) is 1. The summed E-state index contributed by atoms with van der Waals surface area (Å²) in [4.78, 5) is 0. The molecule has 1 heterocycles. The van der Waals surface area contributed by atoms with Crippen LogP contribution in [0.2, 0.25) is 0 Å². The van der Waals surface area contributed by atoms with E-state index in [1.807, 2.05) is 24.3 Å². The first-order valence-corrected chi connectivity index (χ1v) is 3.09. The highest BCUT2D eigenvalue weighted by atomic mass is 35.5. The zero-order chi connectivity index (χ0) is 6.97. The first kappa shape index (κ1) is 7.95. The summed E-state index contributed by atoms with van der Waals surface area (Å²) in [6.07, 6.45) is 1.66. The maximum absolute atomic E-state index is 5.52. The summed E-state index contributed by atoms with van der Waals surface area (Å²) in [7, 11) is 0. The van der Waals surface area contributed by atoms with Crippen LogP contribution in [0.3, 0.4) is 0 Å². The highest BCUT2D eigenvalue weighted by molar-refractivity contribution is 5.85. The molecule has 0 unspecified atom stereocenters. The fourth-order valence-electron chi connectivity index (χ4n) is 0.971. The molecule has 1 aromatic heterocycles. The van der Waals surface area contributed by atoms with E-state index in [1.54, 1.807) is 6.26 Å². The molecule has 3 heteroatoms. The number of benzene rings is 1. The average Bonchev–Trinajstić information content (AvgIpc) is 2.33. The number of hydrogen-bond acceptors (Lipinski definition) is 2. The van der Waals surface area contributed by atoms with Gasteiger partial charge in [-0.1, -0.05) is 0 Å². The van der Waals surface area contributed by atoms with Crippen LogP contribution in [0.4, 0.5) is 5.69 Å². The Balaban J connectivity index is 0.000000605. The maximum atomic E-state index is 5.52. The number of anilines is 1. The van der Waals surface area contributed by atoms with Crippen molar-refractivity contribution in [1.82, 2.24) is 0 Å². The molecule has 2 N–H and O–H groups in total. The second-order valence-corrected chi connectivity index (χ2v) is 2.22. The van der Waals surface area contributed by atoms with Crippen LogP contribution in [0.1, 0.15) is 0 Å². The van der Waals surface area contributed by atoms with E-state index in [0.29, 0.717) is 0 Å². The first-order chi connectivity index (χ1) is 4.86. The van der Waals surface area contributed by atoms with E-state index >= 15 is 0 Å². The molecule has 11 heavy (non-hydrogen) atoms. The van der Waals surface area contributed by atoms with Gasteiger partial charge < -0.3 is 10.2 Å². The maximum Gasteiger partial charge on any atom is 0.135 e. The lowest BCUT2D eigenvalue weighted by Crippen LogP contribution is -1.80. The van der Waals surface area contributed by atoms with Crippen LogP contribution in [0, 0.1) is 0 Å². The molecular formula is C8H8ClNO. The Bertz CT molecular complexity index is 356. The molecule has 0 aliphatic heterocycles. The predicted octanol–water partition coefficient (Wildman–Crippen LogP) is 2.44. The van der Waals surface area contributed by atoms with Gasteiger partial charge in [0.15, 0.2) is 0 Å². The Morgan fingerprint density at radius 3 is 2.82 bits per heavy atom. The second-order valence-electron chi connectivity index (χ2n) is 2.22. The van der Waals surface area contributed by atoms with Gasteiger partial charge in [0.05, 0.1) is 6.26 Å². The standard InChI is InChI=1S/C8H7NO.ClH/c9-7-2-1-6-3-4-10-8(6)5-7;/h1-5H,9H2;1H. The van der Waals surface area contributed by atoms with Gasteiger partial charge in [-0.25, -0.2) is 0 Å². The van der Waals surface area contributed by atoms with Gasteiger partial charge in [0.2, 0.25) is 0 Å². The zero-order valence-electron chi connectivity index (χ0n) is 5.78. The average molecular weight is 170 g/mol. The quantitative estimate of drug-likeness (QED) is 0.616. The van der Waals surface area contributed by atoms with E-state index in [2.05, 4.69) is 0 Å². The van der Waals surface area contributed by atoms with Gasteiger partial charge in [-0.3, -0.25) is 0 Å². The van der Waals surface area contributed by atoms with Gasteiger partial charge in [0, 0.05) is 17.1 Å². The first-order valence-electron chi connectivity index (χ1n) is 3.09. The largest absolute Gasteiger partial charge is 0.464 e. The predicted molar refractivity (Wildman–Crippen MR) is 47.9 cm³/mol. The third-order valence-corrected chi connectivity index (χ3v) is 1.48. The molecule has 0 saturated heterocycles. The fourth-order valence-corrected chi connectivity index (χ4v) is 0.971.